The molecule has 0 atom stereocenters. The van der Waals surface area contributed by atoms with Gasteiger partial charge in [0.25, 0.3) is 0 Å². The van der Waals surface area contributed by atoms with Crippen molar-refractivity contribution in [1.82, 2.24) is 0 Å². The first-order valence-corrected chi connectivity index (χ1v) is 11.2. The van der Waals surface area contributed by atoms with Crippen LogP contribution in [0.2, 0.25) is 0 Å². The number of esters is 2. The van der Waals surface area contributed by atoms with E-state index < -0.39 is 11.9 Å². The predicted octanol–water partition coefficient (Wildman–Crippen LogP) is 5.45. The summed E-state index contributed by atoms with van der Waals surface area (Å²) in [5, 5.41) is 0. The lowest BCUT2D eigenvalue weighted by Crippen LogP contribution is -2.10. The Morgan fingerprint density at radius 2 is 1.31 bits per heavy atom. The van der Waals surface area contributed by atoms with Crippen LogP contribution >= 0.6 is 0 Å². The van der Waals surface area contributed by atoms with Gasteiger partial charge in [0.15, 0.2) is 0 Å². The number of carbonyl (C=O) groups is 2. The van der Waals surface area contributed by atoms with Crippen LogP contribution in [0.25, 0.3) is 17.2 Å². The van der Waals surface area contributed by atoms with E-state index in [2.05, 4.69) is 6.58 Å². The lowest BCUT2D eigenvalue weighted by Gasteiger charge is -2.09. The summed E-state index contributed by atoms with van der Waals surface area (Å²) in [7, 11) is 1.60. The molecule has 3 aromatic carbocycles. The van der Waals surface area contributed by atoms with Crippen molar-refractivity contribution in [2.45, 2.75) is 6.92 Å². The van der Waals surface area contributed by atoms with Gasteiger partial charge in [0, 0.05) is 11.6 Å². The number of rotatable bonds is 12. The van der Waals surface area contributed by atoms with Gasteiger partial charge in [-0.15, -0.1) is 0 Å². The molecule has 0 spiro atoms. The number of ether oxygens (including phenoxy) is 5. The molecule has 36 heavy (non-hydrogen) atoms. The van der Waals surface area contributed by atoms with Gasteiger partial charge in [-0.1, -0.05) is 43.0 Å². The van der Waals surface area contributed by atoms with Crippen LogP contribution in [0.3, 0.4) is 0 Å². The molecule has 7 nitrogen and oxygen atoms in total. The Morgan fingerprint density at radius 1 is 0.750 bits per heavy atom. The van der Waals surface area contributed by atoms with Gasteiger partial charge in [0.1, 0.15) is 30.5 Å². The molecule has 3 rings (SSSR count). The molecule has 0 N–H and O–H groups in total. The fourth-order valence-corrected chi connectivity index (χ4v) is 2.99. The molecule has 0 amide bonds. The molecule has 0 radical (unpaired) electrons. The number of benzene rings is 3. The third-order valence-corrected chi connectivity index (χ3v) is 4.93. The first kappa shape index (κ1) is 26.1. The Hall–Kier alpha value is -4.52. The third kappa shape index (κ3) is 8.36. The molecule has 0 aliphatic rings. The minimum absolute atomic E-state index is 0.136. The highest BCUT2D eigenvalue weighted by atomic mass is 16.7. The minimum atomic E-state index is -0.492. The highest BCUT2D eigenvalue weighted by Crippen LogP contribution is 2.24. The number of methoxy groups -OCH3 is 1. The Kier molecular flexibility index (Phi) is 9.70. The second-order valence-corrected chi connectivity index (χ2v) is 7.65. The van der Waals surface area contributed by atoms with Crippen LogP contribution in [0.15, 0.2) is 91.0 Å². The topological polar surface area (TPSA) is 80.3 Å². The zero-order chi connectivity index (χ0) is 25.8. The van der Waals surface area contributed by atoms with Crippen molar-refractivity contribution in [2.24, 2.45) is 0 Å². The maximum Gasteiger partial charge on any atom is 0.335 e. The number of hydrogen-bond acceptors (Lipinski definition) is 7. The summed E-state index contributed by atoms with van der Waals surface area (Å²) in [6, 6.07) is 22.3. The van der Waals surface area contributed by atoms with Crippen molar-refractivity contribution in [2.75, 3.05) is 27.1 Å². The average molecular weight is 489 g/mol. The molecule has 0 aliphatic heterocycles. The highest BCUT2D eigenvalue weighted by Gasteiger charge is 2.04. The maximum absolute atomic E-state index is 11.9. The number of carbonyl (C=O) groups excluding carboxylic acids is 2. The molecular weight excluding hydrogens is 460 g/mol. The van der Waals surface area contributed by atoms with E-state index in [-0.39, 0.29) is 20.0 Å². The van der Waals surface area contributed by atoms with Gasteiger partial charge in [-0.25, -0.2) is 9.59 Å². The summed E-state index contributed by atoms with van der Waals surface area (Å²) >= 11 is 0. The van der Waals surface area contributed by atoms with Crippen molar-refractivity contribution in [3.8, 4) is 28.4 Å². The van der Waals surface area contributed by atoms with Gasteiger partial charge >= 0.3 is 11.9 Å². The lowest BCUT2D eigenvalue weighted by molar-refractivity contribution is -0.145. The molecule has 0 aliphatic carbocycles. The van der Waals surface area contributed by atoms with Crippen LogP contribution in [-0.4, -0.2) is 39.1 Å². The fourth-order valence-electron chi connectivity index (χ4n) is 2.99. The molecular formula is C29H28O7. The summed E-state index contributed by atoms with van der Waals surface area (Å²) in [6.07, 6.45) is 3.06. The monoisotopic (exact) mass is 488 g/mol. The van der Waals surface area contributed by atoms with Gasteiger partial charge in [0.2, 0.25) is 6.79 Å². The van der Waals surface area contributed by atoms with Crippen LogP contribution in [0, 0.1) is 0 Å². The SMILES string of the molecule is C=C(C)C(=O)OCOc1ccc(-c2ccc(OCCOC(=O)/C=C/c3ccc(OC)cc3)cc2)cc1. The maximum atomic E-state index is 11.9. The normalized spacial score (nSPS) is 10.5. The lowest BCUT2D eigenvalue weighted by atomic mass is 10.1. The van der Waals surface area contributed by atoms with Crippen molar-refractivity contribution < 1.29 is 33.3 Å². The van der Waals surface area contributed by atoms with Crippen molar-refractivity contribution in [3.63, 3.8) is 0 Å². The van der Waals surface area contributed by atoms with Gasteiger partial charge in [0.05, 0.1) is 7.11 Å². The van der Waals surface area contributed by atoms with E-state index in [1.165, 1.54) is 6.08 Å². The largest absolute Gasteiger partial charge is 0.497 e. The summed E-state index contributed by atoms with van der Waals surface area (Å²) in [5.74, 6) is 1.08. The van der Waals surface area contributed by atoms with Crippen molar-refractivity contribution in [3.05, 3.63) is 96.6 Å². The van der Waals surface area contributed by atoms with Crippen LogP contribution in [0.5, 0.6) is 17.2 Å². The van der Waals surface area contributed by atoms with Gasteiger partial charge in [-0.3, -0.25) is 0 Å². The van der Waals surface area contributed by atoms with Gasteiger partial charge < -0.3 is 23.7 Å². The average Bonchev–Trinajstić information content (AvgIpc) is 2.91. The van der Waals surface area contributed by atoms with Crippen LogP contribution in [0.1, 0.15) is 12.5 Å². The van der Waals surface area contributed by atoms with Crippen LogP contribution in [-0.2, 0) is 19.1 Å². The summed E-state index contributed by atoms with van der Waals surface area (Å²) in [6.45, 7) is 5.29. The van der Waals surface area contributed by atoms with Gasteiger partial charge in [-0.2, -0.15) is 0 Å². The smallest absolute Gasteiger partial charge is 0.335 e. The molecule has 0 fully saturated rings. The summed E-state index contributed by atoms with van der Waals surface area (Å²) in [4.78, 5) is 23.2. The third-order valence-electron chi connectivity index (χ3n) is 4.93. The molecule has 0 saturated carbocycles. The molecule has 7 heteroatoms. The standard InChI is InChI=1S/C29H28O7/c1-21(2)29(31)36-20-35-27-15-9-24(10-16-27)23-7-13-26(14-8-23)33-18-19-34-28(30)17-6-22-4-11-25(32-3)12-5-22/h4-17H,1,18-20H2,2-3H3/b17-6+. The predicted molar refractivity (Wildman–Crippen MR) is 137 cm³/mol. The summed E-state index contributed by atoms with van der Waals surface area (Å²) in [5.41, 5.74) is 3.18. The quantitative estimate of drug-likeness (QED) is 0.145. The molecule has 0 saturated heterocycles. The zero-order valence-electron chi connectivity index (χ0n) is 20.3. The second kappa shape index (κ2) is 13.4. The fraction of sp³-hybridized carbons (Fsp3) is 0.172. The van der Waals surface area contributed by atoms with E-state index in [1.54, 1.807) is 32.2 Å². The molecule has 0 aromatic heterocycles. The second-order valence-electron chi connectivity index (χ2n) is 7.65. The Labute approximate surface area is 210 Å². The highest BCUT2D eigenvalue weighted by molar-refractivity contribution is 5.87. The van der Waals surface area contributed by atoms with Crippen LogP contribution in [0.4, 0.5) is 0 Å². The van der Waals surface area contributed by atoms with E-state index in [9.17, 15) is 9.59 Å². The van der Waals surface area contributed by atoms with E-state index in [1.807, 2.05) is 60.7 Å². The molecule has 0 unspecified atom stereocenters. The van der Waals surface area contributed by atoms with Crippen LogP contribution < -0.4 is 14.2 Å². The van der Waals surface area contributed by atoms with Gasteiger partial charge in [-0.05, 0) is 66.1 Å². The zero-order valence-corrected chi connectivity index (χ0v) is 20.3. The molecule has 0 bridgehead atoms. The van der Waals surface area contributed by atoms with E-state index >= 15 is 0 Å². The first-order valence-electron chi connectivity index (χ1n) is 11.2. The first-order chi connectivity index (χ1) is 17.4. The summed E-state index contributed by atoms with van der Waals surface area (Å²) < 4.78 is 26.2. The van der Waals surface area contributed by atoms with Crippen molar-refractivity contribution >= 4 is 18.0 Å². The van der Waals surface area contributed by atoms with Crippen molar-refractivity contribution in [1.29, 1.82) is 0 Å². The molecule has 3 aromatic rings. The number of hydrogen-bond donors (Lipinski definition) is 0. The van der Waals surface area contributed by atoms with E-state index in [4.69, 9.17) is 23.7 Å². The minimum Gasteiger partial charge on any atom is -0.497 e. The Bertz CT molecular complexity index is 1180. The van der Waals surface area contributed by atoms with E-state index in [0.29, 0.717) is 17.1 Å². The molecule has 186 valence electrons. The molecule has 0 heterocycles. The Morgan fingerprint density at radius 3 is 1.86 bits per heavy atom. The Balaban J connectivity index is 1.39. The van der Waals surface area contributed by atoms with E-state index in [0.717, 1.165) is 22.4 Å².